The highest BCUT2D eigenvalue weighted by Crippen LogP contribution is 2.44. The third-order valence-corrected chi connectivity index (χ3v) is 7.20. The molecule has 0 radical (unpaired) electrons. The Hall–Kier alpha value is -3.33. The Morgan fingerprint density at radius 1 is 1.17 bits per heavy atom. The number of aliphatic carboxylic acids is 1. The summed E-state index contributed by atoms with van der Waals surface area (Å²) in [5, 5.41) is 10.2. The van der Waals surface area contributed by atoms with Crippen molar-refractivity contribution in [2.24, 2.45) is 5.92 Å². The van der Waals surface area contributed by atoms with E-state index in [4.69, 9.17) is 0 Å². The molecule has 5 rings (SSSR count). The number of hydrogen-bond acceptors (Lipinski definition) is 3. The largest absolute Gasteiger partial charge is 0.481 e. The van der Waals surface area contributed by atoms with Gasteiger partial charge in [0.1, 0.15) is 17.3 Å². The average Bonchev–Trinajstić information content (AvgIpc) is 3.35. The number of carbonyl (C=O) groups is 2. The van der Waals surface area contributed by atoms with Gasteiger partial charge in [-0.2, -0.15) is 0 Å². The highest BCUT2D eigenvalue weighted by molar-refractivity contribution is 5.99. The van der Waals surface area contributed by atoms with Crippen LogP contribution < -0.4 is 4.90 Å². The van der Waals surface area contributed by atoms with Crippen LogP contribution in [0, 0.1) is 17.6 Å². The molecule has 1 saturated heterocycles. The summed E-state index contributed by atoms with van der Waals surface area (Å²) < 4.78 is 46.5. The van der Waals surface area contributed by atoms with E-state index in [1.807, 2.05) is 31.2 Å². The molecule has 2 N–H and O–H groups in total. The van der Waals surface area contributed by atoms with Crippen LogP contribution >= 0.6 is 0 Å². The highest BCUT2D eigenvalue weighted by Gasteiger charge is 2.42. The van der Waals surface area contributed by atoms with Gasteiger partial charge in [-0.15, -0.1) is 0 Å². The van der Waals surface area contributed by atoms with Crippen LogP contribution in [-0.4, -0.2) is 51.7 Å². The number of nitrogens with one attached hydrogen (secondary N) is 1. The van der Waals surface area contributed by atoms with Crippen LogP contribution in [-0.2, 0) is 16.0 Å². The van der Waals surface area contributed by atoms with Crippen LogP contribution in [0.15, 0.2) is 36.4 Å². The SMILES string of the molecule is C[C@@H]1Cc2c([nH]c3ccccc23)[C@@H](c2c(F)cc(N3CC(C(=O)O)CC3=O)cc2F)N1CC(C)(C)F. The molecular weight excluding hydrogens is 471 g/mol. The van der Waals surface area contributed by atoms with Gasteiger partial charge in [0, 0.05) is 53.4 Å². The molecule has 0 saturated carbocycles. The number of nitrogens with zero attached hydrogens (tertiary/aromatic N) is 2. The molecule has 0 spiro atoms. The molecule has 1 aromatic heterocycles. The molecule has 0 bridgehead atoms. The fourth-order valence-electron chi connectivity index (χ4n) is 5.61. The van der Waals surface area contributed by atoms with E-state index in [1.165, 1.54) is 13.8 Å². The molecule has 190 valence electrons. The zero-order chi connectivity index (χ0) is 25.9. The maximum atomic E-state index is 15.8. The highest BCUT2D eigenvalue weighted by atomic mass is 19.1. The van der Waals surface area contributed by atoms with Gasteiger partial charge in [0.2, 0.25) is 5.91 Å². The summed E-state index contributed by atoms with van der Waals surface area (Å²) in [6, 6.07) is 8.65. The number of amides is 1. The number of carboxylic acid groups (broad SMARTS) is 1. The number of fused-ring (bicyclic) bond motifs is 3. The average molecular weight is 500 g/mol. The number of aromatic nitrogens is 1. The van der Waals surface area contributed by atoms with Crippen LogP contribution in [0.1, 0.15) is 50.1 Å². The topological polar surface area (TPSA) is 76.6 Å². The summed E-state index contributed by atoms with van der Waals surface area (Å²) >= 11 is 0. The van der Waals surface area contributed by atoms with Crippen molar-refractivity contribution in [3.63, 3.8) is 0 Å². The Labute approximate surface area is 206 Å². The summed E-state index contributed by atoms with van der Waals surface area (Å²) in [5.41, 5.74) is 0.520. The Kier molecular flexibility index (Phi) is 5.86. The number of rotatable bonds is 5. The first-order chi connectivity index (χ1) is 16.9. The Morgan fingerprint density at radius 3 is 2.44 bits per heavy atom. The number of benzene rings is 2. The van der Waals surface area contributed by atoms with Gasteiger partial charge in [-0.1, -0.05) is 18.2 Å². The van der Waals surface area contributed by atoms with Gasteiger partial charge in [-0.25, -0.2) is 13.2 Å². The quantitative estimate of drug-likeness (QED) is 0.520. The Morgan fingerprint density at radius 2 is 1.83 bits per heavy atom. The van der Waals surface area contributed by atoms with Crippen molar-refractivity contribution in [1.82, 2.24) is 9.88 Å². The molecule has 3 atom stereocenters. The lowest BCUT2D eigenvalue weighted by Gasteiger charge is -2.43. The summed E-state index contributed by atoms with van der Waals surface area (Å²) in [6.45, 7) is 4.60. The predicted octanol–water partition coefficient (Wildman–Crippen LogP) is 4.97. The molecule has 2 aliphatic heterocycles. The lowest BCUT2D eigenvalue weighted by molar-refractivity contribution is -0.141. The third kappa shape index (κ3) is 4.15. The first kappa shape index (κ1) is 24.4. The number of alkyl halides is 1. The number of carboxylic acids is 1. The molecular formula is C27H28F3N3O3. The van der Waals surface area contributed by atoms with Gasteiger partial charge in [0.05, 0.1) is 12.0 Å². The fourth-order valence-corrected chi connectivity index (χ4v) is 5.61. The van der Waals surface area contributed by atoms with Crippen molar-refractivity contribution in [2.75, 3.05) is 18.0 Å². The second kappa shape index (κ2) is 8.65. The summed E-state index contributed by atoms with van der Waals surface area (Å²) in [5.74, 6) is -4.31. The van der Waals surface area contributed by atoms with E-state index >= 15 is 8.78 Å². The molecule has 1 fully saturated rings. The smallest absolute Gasteiger partial charge is 0.308 e. The molecule has 6 nitrogen and oxygen atoms in total. The van der Waals surface area contributed by atoms with Crippen LogP contribution in [0.2, 0.25) is 0 Å². The number of H-pyrrole nitrogens is 1. The van der Waals surface area contributed by atoms with Crippen molar-refractivity contribution >= 4 is 28.5 Å². The fraction of sp³-hybridized carbons (Fsp3) is 0.407. The van der Waals surface area contributed by atoms with E-state index in [2.05, 4.69) is 4.98 Å². The normalized spacial score (nSPS) is 22.9. The molecule has 3 aromatic rings. The zero-order valence-electron chi connectivity index (χ0n) is 20.3. The van der Waals surface area contributed by atoms with Gasteiger partial charge >= 0.3 is 5.97 Å². The molecule has 2 aliphatic rings. The molecule has 1 unspecified atom stereocenters. The van der Waals surface area contributed by atoms with E-state index in [9.17, 15) is 19.1 Å². The van der Waals surface area contributed by atoms with E-state index in [0.717, 1.165) is 33.5 Å². The minimum absolute atomic E-state index is 0.0272. The minimum atomic E-state index is -1.61. The third-order valence-electron chi connectivity index (χ3n) is 7.20. The maximum absolute atomic E-state index is 15.8. The van der Waals surface area contributed by atoms with Gasteiger partial charge in [-0.05, 0) is 51.0 Å². The van der Waals surface area contributed by atoms with Crippen molar-refractivity contribution in [3.05, 3.63) is 64.9 Å². The van der Waals surface area contributed by atoms with E-state index in [0.29, 0.717) is 12.1 Å². The van der Waals surface area contributed by atoms with E-state index in [1.54, 1.807) is 4.90 Å². The summed E-state index contributed by atoms with van der Waals surface area (Å²) in [4.78, 5) is 29.9. The lowest BCUT2D eigenvalue weighted by atomic mass is 9.87. The second-order valence-electron chi connectivity index (χ2n) is 10.5. The minimum Gasteiger partial charge on any atom is -0.481 e. The van der Waals surface area contributed by atoms with Gasteiger partial charge in [0.25, 0.3) is 0 Å². The number of halogens is 3. The van der Waals surface area contributed by atoms with Crippen molar-refractivity contribution in [2.45, 2.75) is 51.4 Å². The van der Waals surface area contributed by atoms with Gasteiger partial charge in [0.15, 0.2) is 0 Å². The maximum Gasteiger partial charge on any atom is 0.308 e. The van der Waals surface area contributed by atoms with E-state index < -0.39 is 41.1 Å². The first-order valence-corrected chi connectivity index (χ1v) is 12.0. The number of para-hydroxylation sites is 1. The second-order valence-corrected chi connectivity index (χ2v) is 10.5. The molecule has 0 aliphatic carbocycles. The van der Waals surface area contributed by atoms with Crippen molar-refractivity contribution in [1.29, 1.82) is 0 Å². The standard InChI is InChI=1S/C27H28F3N3O3/c1-14-8-18-17-6-4-5-7-21(17)31-24(18)25(33(14)13-27(2,3)30)23-19(28)10-16(11-20(23)29)32-12-15(26(35)36)9-22(32)34/h4-7,10-11,14-15,25,31H,8-9,12-13H2,1-3H3,(H,35,36)/t14-,15?,25-/m1/s1. The number of hydrogen-bond donors (Lipinski definition) is 2. The van der Waals surface area contributed by atoms with Crippen LogP contribution in [0.4, 0.5) is 18.9 Å². The Balaban J connectivity index is 1.64. The van der Waals surface area contributed by atoms with Crippen LogP contribution in [0.25, 0.3) is 10.9 Å². The van der Waals surface area contributed by atoms with Gasteiger partial charge < -0.3 is 15.0 Å². The van der Waals surface area contributed by atoms with Crippen LogP contribution in [0.5, 0.6) is 0 Å². The van der Waals surface area contributed by atoms with Gasteiger partial charge in [-0.3, -0.25) is 14.5 Å². The number of carbonyl (C=O) groups excluding carboxylic acids is 1. The summed E-state index contributed by atoms with van der Waals surface area (Å²) in [6.07, 6.45) is 0.365. The molecule has 9 heteroatoms. The predicted molar refractivity (Wildman–Crippen MR) is 130 cm³/mol. The molecule has 3 heterocycles. The lowest BCUT2D eigenvalue weighted by Crippen LogP contribution is -2.48. The molecule has 1 amide bonds. The zero-order valence-corrected chi connectivity index (χ0v) is 20.3. The molecule has 2 aromatic carbocycles. The van der Waals surface area contributed by atoms with E-state index in [-0.39, 0.29) is 36.8 Å². The van der Waals surface area contributed by atoms with Crippen molar-refractivity contribution < 1.29 is 27.9 Å². The number of aromatic amines is 1. The first-order valence-electron chi connectivity index (χ1n) is 12.0. The number of anilines is 1. The Bertz CT molecular complexity index is 1340. The molecule has 36 heavy (non-hydrogen) atoms. The summed E-state index contributed by atoms with van der Waals surface area (Å²) in [7, 11) is 0. The van der Waals surface area contributed by atoms with Crippen LogP contribution in [0.3, 0.4) is 0 Å². The van der Waals surface area contributed by atoms with Crippen molar-refractivity contribution in [3.8, 4) is 0 Å². The monoisotopic (exact) mass is 499 g/mol.